The topological polar surface area (TPSA) is 39.2 Å². The highest BCUT2D eigenvalue weighted by molar-refractivity contribution is 14.1. The maximum Gasteiger partial charge on any atom is 0.573 e. The molecule has 1 aromatic heterocycles. The molecule has 0 aliphatic rings. The SMILES string of the molecule is O=Cc1nc(I)cc(OC(F)(F)F)c1CBr. The summed E-state index contributed by atoms with van der Waals surface area (Å²) in [7, 11) is 0. The number of alkyl halides is 4. The summed E-state index contributed by atoms with van der Waals surface area (Å²) in [6.07, 6.45) is -4.40. The smallest absolute Gasteiger partial charge is 0.405 e. The molecule has 0 aliphatic heterocycles. The van der Waals surface area contributed by atoms with Gasteiger partial charge in [0.1, 0.15) is 15.1 Å². The molecule has 0 saturated carbocycles. The molecule has 3 nitrogen and oxygen atoms in total. The lowest BCUT2D eigenvalue weighted by Gasteiger charge is -2.13. The van der Waals surface area contributed by atoms with Gasteiger partial charge in [0.15, 0.2) is 6.29 Å². The standard InChI is InChI=1S/C8H4BrF3INO2/c9-2-4-5(3-15)14-7(13)1-6(4)16-8(10,11)12/h1,3H,2H2. The number of ether oxygens (including phenoxy) is 1. The highest BCUT2D eigenvalue weighted by Crippen LogP contribution is 2.30. The molecule has 1 rings (SSSR count). The molecule has 0 amide bonds. The van der Waals surface area contributed by atoms with Gasteiger partial charge in [0.25, 0.3) is 0 Å². The van der Waals surface area contributed by atoms with Crippen molar-refractivity contribution in [2.75, 3.05) is 0 Å². The second kappa shape index (κ2) is 5.30. The second-order valence-electron chi connectivity index (χ2n) is 2.61. The molecule has 0 fully saturated rings. The maximum absolute atomic E-state index is 12.1. The largest absolute Gasteiger partial charge is 0.573 e. The van der Waals surface area contributed by atoms with E-state index >= 15 is 0 Å². The van der Waals surface area contributed by atoms with Crippen LogP contribution in [0, 0.1) is 3.70 Å². The Morgan fingerprint density at radius 3 is 2.62 bits per heavy atom. The van der Waals surface area contributed by atoms with E-state index in [-0.39, 0.29) is 20.3 Å². The summed E-state index contributed by atoms with van der Waals surface area (Å²) in [5.74, 6) is -0.411. The van der Waals surface area contributed by atoms with Crippen LogP contribution in [0.15, 0.2) is 6.07 Å². The highest BCUT2D eigenvalue weighted by atomic mass is 127. The van der Waals surface area contributed by atoms with Crippen molar-refractivity contribution in [3.63, 3.8) is 0 Å². The zero-order chi connectivity index (χ0) is 12.3. The minimum atomic E-state index is -4.79. The third-order valence-electron chi connectivity index (χ3n) is 1.56. The molecule has 0 bridgehead atoms. The van der Waals surface area contributed by atoms with Gasteiger partial charge in [-0.25, -0.2) is 4.98 Å². The number of carbonyl (C=O) groups is 1. The fourth-order valence-corrected chi connectivity index (χ4v) is 2.09. The maximum atomic E-state index is 12.1. The zero-order valence-corrected chi connectivity index (χ0v) is 11.3. The van der Waals surface area contributed by atoms with Crippen molar-refractivity contribution < 1.29 is 22.7 Å². The third-order valence-corrected chi connectivity index (χ3v) is 2.67. The lowest BCUT2D eigenvalue weighted by atomic mass is 10.2. The molecule has 0 unspecified atom stereocenters. The Hall–Kier alpha value is -0.380. The molecule has 0 aromatic carbocycles. The summed E-state index contributed by atoms with van der Waals surface area (Å²) < 4.78 is 40.3. The van der Waals surface area contributed by atoms with E-state index in [1.165, 1.54) is 0 Å². The van der Waals surface area contributed by atoms with Crippen molar-refractivity contribution in [3.05, 3.63) is 21.0 Å². The van der Waals surface area contributed by atoms with Crippen LogP contribution in [-0.4, -0.2) is 17.6 Å². The molecule has 16 heavy (non-hydrogen) atoms. The summed E-state index contributed by atoms with van der Waals surface area (Å²) >= 11 is 4.69. The van der Waals surface area contributed by atoms with Gasteiger partial charge in [-0.3, -0.25) is 4.79 Å². The Kier molecular flexibility index (Phi) is 4.53. The van der Waals surface area contributed by atoms with E-state index in [0.29, 0.717) is 6.29 Å². The van der Waals surface area contributed by atoms with Gasteiger partial charge in [-0.2, -0.15) is 0 Å². The van der Waals surface area contributed by atoms with E-state index in [4.69, 9.17) is 0 Å². The van der Waals surface area contributed by atoms with Gasteiger partial charge in [0.05, 0.1) is 0 Å². The Balaban J connectivity index is 3.25. The molecule has 0 N–H and O–H groups in total. The average Bonchev–Trinajstić information content (AvgIpc) is 2.14. The van der Waals surface area contributed by atoms with E-state index in [0.717, 1.165) is 6.07 Å². The monoisotopic (exact) mass is 409 g/mol. The number of aromatic nitrogens is 1. The number of halogens is 5. The molecule has 0 aliphatic carbocycles. The van der Waals surface area contributed by atoms with Crippen molar-refractivity contribution in [2.24, 2.45) is 0 Å². The zero-order valence-electron chi connectivity index (χ0n) is 7.52. The lowest BCUT2D eigenvalue weighted by molar-refractivity contribution is -0.274. The fraction of sp³-hybridized carbons (Fsp3) is 0.250. The molecular formula is C8H4BrF3INO2. The van der Waals surface area contributed by atoms with Crippen molar-refractivity contribution >= 4 is 44.8 Å². The first-order valence-electron chi connectivity index (χ1n) is 3.83. The van der Waals surface area contributed by atoms with E-state index in [2.05, 4.69) is 25.7 Å². The van der Waals surface area contributed by atoms with Crippen LogP contribution in [0.5, 0.6) is 5.75 Å². The Morgan fingerprint density at radius 1 is 1.56 bits per heavy atom. The minimum absolute atomic E-state index is 0.0520. The minimum Gasteiger partial charge on any atom is -0.405 e. The molecule has 0 saturated heterocycles. The molecular weight excluding hydrogens is 406 g/mol. The molecule has 0 spiro atoms. The Bertz CT molecular complexity index is 411. The Labute approximate surface area is 111 Å². The summed E-state index contributed by atoms with van der Waals surface area (Å²) in [6.45, 7) is 0. The van der Waals surface area contributed by atoms with Gasteiger partial charge in [-0.15, -0.1) is 13.2 Å². The summed E-state index contributed by atoms with van der Waals surface area (Å²) in [5.41, 5.74) is 0.00997. The molecule has 88 valence electrons. The van der Waals surface area contributed by atoms with E-state index in [9.17, 15) is 18.0 Å². The van der Waals surface area contributed by atoms with Crippen molar-refractivity contribution in [1.29, 1.82) is 0 Å². The van der Waals surface area contributed by atoms with Gasteiger partial charge < -0.3 is 4.74 Å². The van der Waals surface area contributed by atoms with E-state index in [1.807, 2.05) is 0 Å². The van der Waals surface area contributed by atoms with Gasteiger partial charge in [-0.1, -0.05) is 15.9 Å². The van der Waals surface area contributed by atoms with Crippen LogP contribution < -0.4 is 4.74 Å². The number of pyridine rings is 1. The number of rotatable bonds is 3. The fourth-order valence-electron chi connectivity index (χ4n) is 0.984. The van der Waals surface area contributed by atoms with Crippen molar-refractivity contribution in [1.82, 2.24) is 4.98 Å². The normalized spacial score (nSPS) is 11.3. The van der Waals surface area contributed by atoms with E-state index in [1.54, 1.807) is 22.6 Å². The van der Waals surface area contributed by atoms with Crippen LogP contribution in [0.3, 0.4) is 0 Å². The first-order valence-corrected chi connectivity index (χ1v) is 6.03. The van der Waals surface area contributed by atoms with Gasteiger partial charge >= 0.3 is 6.36 Å². The van der Waals surface area contributed by atoms with Crippen LogP contribution in [0.2, 0.25) is 0 Å². The number of hydrogen-bond acceptors (Lipinski definition) is 3. The van der Waals surface area contributed by atoms with Crippen molar-refractivity contribution in [2.45, 2.75) is 11.7 Å². The summed E-state index contributed by atoms with van der Waals surface area (Å²) in [4.78, 5) is 14.4. The molecule has 1 aromatic rings. The van der Waals surface area contributed by atoms with Crippen LogP contribution in [0.25, 0.3) is 0 Å². The van der Waals surface area contributed by atoms with Crippen LogP contribution >= 0.6 is 38.5 Å². The summed E-state index contributed by atoms with van der Waals surface area (Å²) in [5, 5.41) is 0.0520. The predicted molar refractivity (Wildman–Crippen MR) is 61.7 cm³/mol. The third kappa shape index (κ3) is 3.58. The van der Waals surface area contributed by atoms with Crippen molar-refractivity contribution in [3.8, 4) is 5.75 Å². The number of hydrogen-bond donors (Lipinski definition) is 0. The lowest BCUT2D eigenvalue weighted by Crippen LogP contribution is -2.19. The van der Waals surface area contributed by atoms with E-state index < -0.39 is 12.1 Å². The molecule has 0 radical (unpaired) electrons. The number of nitrogens with zero attached hydrogens (tertiary/aromatic N) is 1. The van der Waals surface area contributed by atoms with Crippen LogP contribution in [0.4, 0.5) is 13.2 Å². The quantitative estimate of drug-likeness (QED) is 0.333. The first-order chi connectivity index (χ1) is 7.37. The molecule has 8 heteroatoms. The molecule has 1 heterocycles. The Morgan fingerprint density at radius 2 is 2.19 bits per heavy atom. The first kappa shape index (κ1) is 13.7. The second-order valence-corrected chi connectivity index (χ2v) is 4.27. The van der Waals surface area contributed by atoms with Gasteiger partial charge in [0, 0.05) is 17.0 Å². The highest BCUT2D eigenvalue weighted by Gasteiger charge is 2.32. The van der Waals surface area contributed by atoms with Crippen LogP contribution in [-0.2, 0) is 5.33 Å². The summed E-state index contributed by atoms with van der Waals surface area (Å²) in [6, 6.07) is 1.12. The number of carbonyl (C=O) groups excluding carboxylic acids is 1. The number of aldehydes is 1. The molecule has 0 atom stereocenters. The predicted octanol–water partition coefficient (Wildman–Crippen LogP) is 3.29. The average molecular weight is 410 g/mol. The van der Waals surface area contributed by atoms with Gasteiger partial charge in [-0.05, 0) is 22.6 Å². The van der Waals surface area contributed by atoms with Gasteiger partial charge in [0.2, 0.25) is 0 Å². The van der Waals surface area contributed by atoms with Crippen LogP contribution in [0.1, 0.15) is 16.1 Å².